The van der Waals surface area contributed by atoms with Crippen LogP contribution in [0, 0.1) is 0 Å². The summed E-state index contributed by atoms with van der Waals surface area (Å²) in [6, 6.07) is 20.8. The van der Waals surface area contributed by atoms with E-state index in [1.54, 1.807) is 0 Å². The molecule has 0 fully saturated rings. The molecule has 1 aromatic heterocycles. The Morgan fingerprint density at radius 3 is 2.35 bits per heavy atom. The van der Waals surface area contributed by atoms with E-state index in [9.17, 15) is 0 Å². The summed E-state index contributed by atoms with van der Waals surface area (Å²) in [6.45, 7) is 0. The summed E-state index contributed by atoms with van der Waals surface area (Å²) in [5.74, 6) is 1.06. The van der Waals surface area contributed by atoms with Crippen molar-refractivity contribution < 1.29 is 4.42 Å². The number of hydrogen-bond donors (Lipinski definition) is 0. The summed E-state index contributed by atoms with van der Waals surface area (Å²) in [6.07, 6.45) is 1.99. The second-order valence-corrected chi connectivity index (χ2v) is 4.24. The van der Waals surface area contributed by atoms with E-state index in [2.05, 4.69) is 36.4 Å². The maximum absolute atomic E-state index is 5.79. The van der Waals surface area contributed by atoms with Crippen molar-refractivity contribution in [3.05, 3.63) is 72.0 Å². The Labute approximate surface area is 101 Å². The summed E-state index contributed by atoms with van der Waals surface area (Å²) < 4.78 is 5.79. The van der Waals surface area contributed by atoms with Crippen LogP contribution < -0.4 is 0 Å². The lowest BCUT2D eigenvalue weighted by atomic mass is 10.1. The molecule has 2 aromatic carbocycles. The van der Waals surface area contributed by atoms with Crippen molar-refractivity contribution in [3.8, 4) is 0 Å². The van der Waals surface area contributed by atoms with Gasteiger partial charge < -0.3 is 4.42 Å². The van der Waals surface area contributed by atoms with Crippen LogP contribution in [0.5, 0.6) is 0 Å². The van der Waals surface area contributed by atoms with Crippen LogP contribution in [0.15, 0.2) is 65.1 Å². The summed E-state index contributed by atoms with van der Waals surface area (Å²) in [4.78, 5) is 0. The number of aryl methyl sites for hydroxylation is 2. The van der Waals surface area contributed by atoms with Gasteiger partial charge in [-0.2, -0.15) is 0 Å². The van der Waals surface area contributed by atoms with Crippen molar-refractivity contribution in [1.29, 1.82) is 0 Å². The van der Waals surface area contributed by atoms with Crippen molar-refractivity contribution in [2.75, 3.05) is 0 Å². The number of benzene rings is 2. The molecule has 3 rings (SSSR count). The molecule has 0 aliphatic heterocycles. The molecule has 0 amide bonds. The van der Waals surface area contributed by atoms with E-state index in [0.29, 0.717) is 0 Å². The average molecular weight is 222 g/mol. The smallest absolute Gasteiger partial charge is 0.134 e. The van der Waals surface area contributed by atoms with Gasteiger partial charge in [-0.25, -0.2) is 0 Å². The van der Waals surface area contributed by atoms with Gasteiger partial charge in [-0.05, 0) is 24.1 Å². The minimum atomic E-state index is 0.957. The van der Waals surface area contributed by atoms with Crippen LogP contribution in [0.1, 0.15) is 11.3 Å². The van der Waals surface area contributed by atoms with Crippen molar-refractivity contribution in [2.24, 2.45) is 0 Å². The molecule has 0 saturated carbocycles. The minimum absolute atomic E-state index is 0.957. The Balaban J connectivity index is 1.77. The van der Waals surface area contributed by atoms with Gasteiger partial charge in [0.05, 0.1) is 0 Å². The van der Waals surface area contributed by atoms with E-state index < -0.39 is 0 Å². The van der Waals surface area contributed by atoms with Crippen LogP contribution in [0.3, 0.4) is 0 Å². The number of hydrogen-bond acceptors (Lipinski definition) is 1. The van der Waals surface area contributed by atoms with Crippen LogP contribution in [-0.4, -0.2) is 0 Å². The Morgan fingerprint density at radius 2 is 1.53 bits per heavy atom. The van der Waals surface area contributed by atoms with Gasteiger partial charge in [0.2, 0.25) is 0 Å². The molecule has 0 aliphatic rings. The maximum Gasteiger partial charge on any atom is 0.134 e. The van der Waals surface area contributed by atoms with Gasteiger partial charge in [0, 0.05) is 11.8 Å². The summed E-state index contributed by atoms with van der Waals surface area (Å²) in [7, 11) is 0. The third kappa shape index (κ3) is 2.23. The molecule has 0 N–H and O–H groups in total. The molecule has 17 heavy (non-hydrogen) atoms. The predicted octanol–water partition coefficient (Wildman–Crippen LogP) is 4.22. The van der Waals surface area contributed by atoms with Crippen LogP contribution in [-0.2, 0) is 12.8 Å². The van der Waals surface area contributed by atoms with E-state index in [-0.39, 0.29) is 0 Å². The van der Waals surface area contributed by atoms with E-state index in [1.807, 2.05) is 24.3 Å². The Hall–Kier alpha value is -2.02. The number of furan rings is 1. The molecule has 0 unspecified atom stereocenters. The monoisotopic (exact) mass is 222 g/mol. The van der Waals surface area contributed by atoms with Gasteiger partial charge in [0.1, 0.15) is 11.3 Å². The highest BCUT2D eigenvalue weighted by Crippen LogP contribution is 2.19. The van der Waals surface area contributed by atoms with E-state index in [0.717, 1.165) is 24.2 Å². The van der Waals surface area contributed by atoms with Crippen LogP contribution in [0.2, 0.25) is 0 Å². The first-order chi connectivity index (χ1) is 8.42. The van der Waals surface area contributed by atoms with Gasteiger partial charge in [-0.15, -0.1) is 0 Å². The highest BCUT2D eigenvalue weighted by Gasteiger charge is 2.02. The molecule has 0 radical (unpaired) electrons. The lowest BCUT2D eigenvalue weighted by Crippen LogP contribution is -1.88. The first-order valence-corrected chi connectivity index (χ1v) is 5.93. The lowest BCUT2D eigenvalue weighted by molar-refractivity contribution is 0.547. The normalized spacial score (nSPS) is 10.8. The topological polar surface area (TPSA) is 13.1 Å². The molecular weight excluding hydrogens is 208 g/mol. The molecule has 1 heterocycles. The standard InChI is InChI=1S/C16H14O/c1-2-6-13(7-3-1)10-11-15-12-14-8-4-5-9-16(14)17-15/h1-9,12H,10-11H2. The van der Waals surface area contributed by atoms with Gasteiger partial charge in [-0.1, -0.05) is 48.5 Å². The maximum atomic E-state index is 5.79. The first kappa shape index (κ1) is 10.2. The molecule has 84 valence electrons. The zero-order valence-corrected chi connectivity index (χ0v) is 9.60. The zero-order chi connectivity index (χ0) is 11.5. The van der Waals surface area contributed by atoms with Crippen molar-refractivity contribution in [3.63, 3.8) is 0 Å². The van der Waals surface area contributed by atoms with Gasteiger partial charge in [0.25, 0.3) is 0 Å². The Bertz CT molecular complexity index is 575. The second-order valence-electron chi connectivity index (χ2n) is 4.24. The first-order valence-electron chi connectivity index (χ1n) is 5.93. The molecule has 0 spiro atoms. The summed E-state index contributed by atoms with van der Waals surface area (Å²) in [5, 5.41) is 1.19. The largest absolute Gasteiger partial charge is 0.461 e. The average Bonchev–Trinajstić information content (AvgIpc) is 2.80. The number of fused-ring (bicyclic) bond motifs is 1. The van der Waals surface area contributed by atoms with E-state index in [1.165, 1.54) is 10.9 Å². The van der Waals surface area contributed by atoms with Crippen molar-refractivity contribution >= 4 is 11.0 Å². The van der Waals surface area contributed by atoms with Gasteiger partial charge in [-0.3, -0.25) is 0 Å². The molecule has 1 nitrogen and oxygen atoms in total. The van der Waals surface area contributed by atoms with E-state index >= 15 is 0 Å². The minimum Gasteiger partial charge on any atom is -0.461 e. The molecule has 1 heteroatoms. The quantitative estimate of drug-likeness (QED) is 0.646. The molecule has 0 bridgehead atoms. The van der Waals surface area contributed by atoms with Crippen LogP contribution in [0.4, 0.5) is 0 Å². The van der Waals surface area contributed by atoms with Crippen LogP contribution in [0.25, 0.3) is 11.0 Å². The highest BCUT2D eigenvalue weighted by atomic mass is 16.3. The molecule has 0 atom stereocenters. The SMILES string of the molecule is c1ccc(CCc2cc3ccccc3o2)cc1. The zero-order valence-electron chi connectivity index (χ0n) is 9.60. The lowest BCUT2D eigenvalue weighted by Gasteiger charge is -1.97. The highest BCUT2D eigenvalue weighted by molar-refractivity contribution is 5.77. The molecule has 3 aromatic rings. The second kappa shape index (κ2) is 4.46. The molecular formula is C16H14O. The van der Waals surface area contributed by atoms with Crippen molar-refractivity contribution in [1.82, 2.24) is 0 Å². The predicted molar refractivity (Wildman–Crippen MR) is 70.1 cm³/mol. The summed E-state index contributed by atoms with van der Waals surface area (Å²) in [5.41, 5.74) is 2.34. The fraction of sp³-hybridized carbons (Fsp3) is 0.125. The summed E-state index contributed by atoms with van der Waals surface area (Å²) >= 11 is 0. The third-order valence-electron chi connectivity index (χ3n) is 2.98. The van der Waals surface area contributed by atoms with E-state index in [4.69, 9.17) is 4.42 Å². The number of rotatable bonds is 3. The number of para-hydroxylation sites is 1. The van der Waals surface area contributed by atoms with Crippen molar-refractivity contribution in [2.45, 2.75) is 12.8 Å². The molecule has 0 aliphatic carbocycles. The van der Waals surface area contributed by atoms with Gasteiger partial charge >= 0.3 is 0 Å². The van der Waals surface area contributed by atoms with Gasteiger partial charge in [0.15, 0.2) is 0 Å². The molecule has 0 saturated heterocycles. The Kier molecular flexibility index (Phi) is 2.66. The van der Waals surface area contributed by atoms with Crippen LogP contribution >= 0.6 is 0 Å². The fourth-order valence-electron chi connectivity index (χ4n) is 2.07. The fourth-order valence-corrected chi connectivity index (χ4v) is 2.07. The third-order valence-corrected chi connectivity index (χ3v) is 2.98. The Morgan fingerprint density at radius 1 is 0.765 bits per heavy atom.